The molecule has 1 aromatic rings. The summed E-state index contributed by atoms with van der Waals surface area (Å²) in [5.41, 5.74) is 1.38. The molecule has 12 heteroatoms. The van der Waals surface area contributed by atoms with Gasteiger partial charge in [0, 0.05) is 17.9 Å². The van der Waals surface area contributed by atoms with Crippen LogP contribution in [0, 0.1) is 0 Å². The molecule has 10 nitrogen and oxygen atoms in total. The molecule has 0 aliphatic heterocycles. The highest BCUT2D eigenvalue weighted by atomic mass is 32.1. The number of carbonyl (C=O) groups excluding carboxylic acids is 5. The minimum atomic E-state index is -1.07. The summed E-state index contributed by atoms with van der Waals surface area (Å²) in [5.74, 6) is -2.54. The van der Waals surface area contributed by atoms with Gasteiger partial charge in [0.1, 0.15) is 24.2 Å². The van der Waals surface area contributed by atoms with E-state index in [9.17, 15) is 24.0 Å². The van der Waals surface area contributed by atoms with Crippen LogP contribution in [0.1, 0.15) is 18.9 Å². The van der Waals surface area contributed by atoms with Gasteiger partial charge in [-0.25, -0.2) is 4.79 Å². The van der Waals surface area contributed by atoms with E-state index in [0.29, 0.717) is 12.0 Å². The minimum absolute atomic E-state index is 0.00634. The fraction of sp³-hybridized carbons (Fsp3) is 0.435. The molecule has 0 aliphatic carbocycles. The Morgan fingerprint density at radius 2 is 1.43 bits per heavy atom. The third-order valence-electron chi connectivity index (χ3n) is 4.85. The fourth-order valence-corrected chi connectivity index (χ4v) is 3.56. The van der Waals surface area contributed by atoms with E-state index in [-0.39, 0.29) is 24.3 Å². The molecule has 1 rings (SSSR count). The molecule has 4 N–H and O–H groups in total. The van der Waals surface area contributed by atoms with Gasteiger partial charge in [-0.15, -0.1) is 6.58 Å². The lowest BCUT2D eigenvalue weighted by atomic mass is 10.0. The van der Waals surface area contributed by atoms with E-state index in [1.807, 2.05) is 6.07 Å². The van der Waals surface area contributed by atoms with Crippen LogP contribution in [-0.4, -0.2) is 72.9 Å². The zero-order valence-corrected chi connectivity index (χ0v) is 21.4. The van der Waals surface area contributed by atoms with Crippen molar-refractivity contribution in [2.75, 3.05) is 18.6 Å². The van der Waals surface area contributed by atoms with Gasteiger partial charge in [0.15, 0.2) is 0 Å². The number of thiol groups is 2. The lowest BCUT2D eigenvalue weighted by molar-refractivity contribution is -0.144. The van der Waals surface area contributed by atoms with Gasteiger partial charge in [-0.3, -0.25) is 19.2 Å². The van der Waals surface area contributed by atoms with Crippen molar-refractivity contribution in [3.05, 3.63) is 48.0 Å². The van der Waals surface area contributed by atoms with Crippen LogP contribution in [0.5, 0.6) is 0 Å². The number of hydrogen-bond acceptors (Lipinski definition) is 8. The number of amides is 4. The molecule has 0 heterocycles. The van der Waals surface area contributed by atoms with E-state index in [4.69, 9.17) is 0 Å². The quantitative estimate of drug-likeness (QED) is 0.0812. The molecule has 0 spiro atoms. The van der Waals surface area contributed by atoms with Crippen LogP contribution in [0.4, 0.5) is 0 Å². The number of hydrogen-bond donors (Lipinski definition) is 6. The molecular weight excluding hydrogens is 492 g/mol. The summed E-state index contributed by atoms with van der Waals surface area (Å²) in [6.07, 6.45) is 0.589. The van der Waals surface area contributed by atoms with Gasteiger partial charge in [-0.05, 0) is 18.9 Å². The van der Waals surface area contributed by atoms with Crippen molar-refractivity contribution in [1.29, 1.82) is 0 Å². The van der Waals surface area contributed by atoms with Crippen LogP contribution in [0.3, 0.4) is 0 Å². The molecule has 35 heavy (non-hydrogen) atoms. The summed E-state index contributed by atoms with van der Waals surface area (Å²) in [5, 5.41) is 10.1. The van der Waals surface area contributed by atoms with Gasteiger partial charge < -0.3 is 26.0 Å². The number of ether oxygens (including phenoxy) is 1. The highest BCUT2D eigenvalue weighted by Gasteiger charge is 2.30. The van der Waals surface area contributed by atoms with E-state index < -0.39 is 47.9 Å². The Balaban J connectivity index is 3.13. The maximum Gasteiger partial charge on any atom is 0.329 e. The fourth-order valence-electron chi connectivity index (χ4n) is 3.05. The Morgan fingerprint density at radius 3 is 1.94 bits per heavy atom. The lowest BCUT2D eigenvalue weighted by Gasteiger charge is -2.25. The maximum absolute atomic E-state index is 13.2. The summed E-state index contributed by atoms with van der Waals surface area (Å²) in [7, 11) is 1.19. The molecular formula is C23H32N4O6S2. The Bertz CT molecular complexity index is 899. The third-order valence-corrected chi connectivity index (χ3v) is 5.58. The van der Waals surface area contributed by atoms with Gasteiger partial charge in [-0.2, -0.15) is 25.3 Å². The number of carbonyl (C=O) groups is 5. The second-order valence-corrected chi connectivity index (χ2v) is 8.49. The zero-order chi connectivity index (χ0) is 26.4. The minimum Gasteiger partial charge on any atom is -0.467 e. The van der Waals surface area contributed by atoms with Crippen LogP contribution < -0.4 is 21.3 Å². The average Bonchev–Trinajstić information content (AvgIpc) is 2.84. The molecule has 0 saturated carbocycles. The molecule has 4 amide bonds. The molecule has 4 atom stereocenters. The highest BCUT2D eigenvalue weighted by molar-refractivity contribution is 7.80. The summed E-state index contributed by atoms with van der Waals surface area (Å²) in [6, 6.07) is 4.88. The molecule has 0 bridgehead atoms. The first-order chi connectivity index (χ1) is 16.7. The monoisotopic (exact) mass is 524 g/mol. The summed E-state index contributed by atoms with van der Waals surface area (Å²) < 4.78 is 4.68. The SMILES string of the molecule is C=C(C)C[C@H](NC(=O)[C@H](CS)NC=O)C(=O)N[C@@H](Cc1ccccc1)C(=O)N[C@@H](CS)C(=O)OC. The number of nitrogens with one attached hydrogen (secondary N) is 4. The van der Waals surface area contributed by atoms with Gasteiger partial charge in [0.05, 0.1) is 7.11 Å². The first kappa shape index (κ1) is 30.0. The molecule has 0 radical (unpaired) electrons. The average molecular weight is 525 g/mol. The van der Waals surface area contributed by atoms with Crippen LogP contribution in [0.2, 0.25) is 0 Å². The van der Waals surface area contributed by atoms with E-state index in [0.717, 1.165) is 5.56 Å². The number of esters is 1. The topological polar surface area (TPSA) is 143 Å². The Hall–Kier alpha value is -2.99. The van der Waals surface area contributed by atoms with Crippen LogP contribution in [0.15, 0.2) is 42.5 Å². The third kappa shape index (κ3) is 10.4. The first-order valence-corrected chi connectivity index (χ1v) is 12.0. The van der Waals surface area contributed by atoms with Gasteiger partial charge in [0.2, 0.25) is 24.1 Å². The molecule has 0 saturated heterocycles. The normalized spacial score (nSPS) is 13.8. The van der Waals surface area contributed by atoms with Crippen LogP contribution in [-0.2, 0) is 35.1 Å². The predicted molar refractivity (Wildman–Crippen MR) is 138 cm³/mol. The highest BCUT2D eigenvalue weighted by Crippen LogP contribution is 2.08. The number of rotatable bonds is 15. The van der Waals surface area contributed by atoms with Crippen molar-refractivity contribution in [1.82, 2.24) is 21.3 Å². The van der Waals surface area contributed by atoms with Crippen LogP contribution in [0.25, 0.3) is 0 Å². The Morgan fingerprint density at radius 1 is 0.914 bits per heavy atom. The van der Waals surface area contributed by atoms with Gasteiger partial charge >= 0.3 is 5.97 Å². The summed E-state index contributed by atoms with van der Waals surface area (Å²) >= 11 is 8.12. The van der Waals surface area contributed by atoms with Gasteiger partial charge in [-0.1, -0.05) is 35.9 Å². The predicted octanol–water partition coefficient (Wildman–Crippen LogP) is -0.203. The standard InChI is InChI=1S/C23H32N4O6S2/c1-14(2)9-16(25-22(31)18(11-34)24-13-28)20(29)26-17(10-15-7-5-4-6-8-15)21(30)27-19(12-35)23(32)33-3/h4-8,13,16-19,34-35H,1,9-12H2,2-3H3,(H,24,28)(H,25,31)(H,26,29)(H,27,30)/t16-,17-,18-,19-/m0/s1. The Labute approximate surface area is 215 Å². The maximum atomic E-state index is 13.2. The van der Waals surface area contributed by atoms with Crippen molar-refractivity contribution >= 4 is 55.4 Å². The molecule has 0 aromatic heterocycles. The molecule has 192 valence electrons. The second-order valence-electron chi connectivity index (χ2n) is 7.76. The van der Waals surface area contributed by atoms with E-state index in [1.165, 1.54) is 7.11 Å². The van der Waals surface area contributed by atoms with Crippen molar-refractivity contribution in [3.63, 3.8) is 0 Å². The molecule has 1 aromatic carbocycles. The van der Waals surface area contributed by atoms with Crippen molar-refractivity contribution < 1.29 is 28.7 Å². The summed E-state index contributed by atoms with van der Waals surface area (Å²) in [4.78, 5) is 61.4. The lowest BCUT2D eigenvalue weighted by Crippen LogP contribution is -2.58. The van der Waals surface area contributed by atoms with Gasteiger partial charge in [0.25, 0.3) is 0 Å². The second kappa shape index (κ2) is 15.8. The zero-order valence-electron chi connectivity index (χ0n) is 19.7. The molecule has 0 unspecified atom stereocenters. The van der Waals surface area contributed by atoms with Crippen molar-refractivity contribution in [2.45, 2.75) is 43.9 Å². The summed E-state index contributed by atoms with van der Waals surface area (Å²) in [6.45, 7) is 5.48. The molecule has 0 fully saturated rings. The number of benzene rings is 1. The number of methoxy groups -OCH3 is 1. The van der Waals surface area contributed by atoms with E-state index in [2.05, 4.69) is 57.8 Å². The largest absolute Gasteiger partial charge is 0.467 e. The van der Waals surface area contributed by atoms with E-state index >= 15 is 0 Å². The van der Waals surface area contributed by atoms with E-state index in [1.54, 1.807) is 31.2 Å². The van der Waals surface area contributed by atoms with Crippen molar-refractivity contribution in [2.24, 2.45) is 0 Å². The van der Waals surface area contributed by atoms with Crippen LogP contribution >= 0.6 is 25.3 Å². The smallest absolute Gasteiger partial charge is 0.329 e. The Kier molecular flexibility index (Phi) is 13.6. The molecule has 0 aliphatic rings. The van der Waals surface area contributed by atoms with Crippen molar-refractivity contribution in [3.8, 4) is 0 Å². The first-order valence-electron chi connectivity index (χ1n) is 10.7.